The zero-order chi connectivity index (χ0) is 17.5. The molecule has 0 heterocycles. The first-order valence-electron chi connectivity index (χ1n) is 7.54. The fourth-order valence-electron chi connectivity index (χ4n) is 2.28. The van der Waals surface area contributed by atoms with Gasteiger partial charge < -0.3 is 14.3 Å². The Kier molecular flexibility index (Phi) is 5.95. The molecule has 2 rings (SSSR count). The molecule has 2 aromatic carbocycles. The van der Waals surface area contributed by atoms with Crippen LogP contribution in [0.3, 0.4) is 0 Å². The van der Waals surface area contributed by atoms with Crippen LogP contribution in [0, 0.1) is 13.8 Å². The fourth-order valence-corrected chi connectivity index (χ4v) is 2.28. The molecule has 24 heavy (non-hydrogen) atoms. The third-order valence-electron chi connectivity index (χ3n) is 3.56. The minimum absolute atomic E-state index is 0.111. The summed E-state index contributed by atoms with van der Waals surface area (Å²) in [5, 5.41) is 3.80. The van der Waals surface area contributed by atoms with Crippen molar-refractivity contribution in [1.82, 2.24) is 0 Å². The number of methoxy groups -OCH3 is 1. The molecule has 5 nitrogen and oxygen atoms in total. The number of esters is 1. The van der Waals surface area contributed by atoms with Gasteiger partial charge in [-0.3, -0.25) is 0 Å². The monoisotopic (exact) mass is 327 g/mol. The molecule has 2 aromatic rings. The summed E-state index contributed by atoms with van der Waals surface area (Å²) in [6, 6.07) is 13.4. The van der Waals surface area contributed by atoms with Crippen LogP contribution in [0.25, 0.3) is 0 Å². The Balaban J connectivity index is 2.30. The van der Waals surface area contributed by atoms with Gasteiger partial charge in [-0.15, -0.1) is 0 Å². The lowest BCUT2D eigenvalue weighted by atomic mass is 10.0. The van der Waals surface area contributed by atoms with Gasteiger partial charge in [0.05, 0.1) is 7.11 Å². The van der Waals surface area contributed by atoms with Gasteiger partial charge in [-0.25, -0.2) is 4.79 Å². The van der Waals surface area contributed by atoms with E-state index in [1.807, 2.05) is 50.2 Å². The van der Waals surface area contributed by atoms with Crippen molar-refractivity contribution in [3.8, 4) is 5.75 Å². The smallest absolute Gasteiger partial charge is 0.360 e. The van der Waals surface area contributed by atoms with E-state index in [2.05, 4.69) is 5.16 Å². The highest BCUT2D eigenvalue weighted by molar-refractivity contribution is 6.43. The molecule has 0 aromatic heterocycles. The standard InChI is InChI=1S/C19H21NO4/c1-13-9-10-14(2)17(11-13)24-12-15-7-5-6-8-16(15)18(20-23-4)19(21)22-3/h5-11H,12H2,1-4H3/b20-18-. The zero-order valence-corrected chi connectivity index (χ0v) is 14.3. The summed E-state index contributed by atoms with van der Waals surface area (Å²) in [6.07, 6.45) is 0. The lowest BCUT2D eigenvalue weighted by Crippen LogP contribution is -2.19. The van der Waals surface area contributed by atoms with Crippen molar-refractivity contribution >= 4 is 11.7 Å². The van der Waals surface area contributed by atoms with Gasteiger partial charge >= 0.3 is 5.97 Å². The van der Waals surface area contributed by atoms with E-state index in [9.17, 15) is 4.79 Å². The second-order valence-electron chi connectivity index (χ2n) is 5.33. The van der Waals surface area contributed by atoms with Crippen LogP contribution in [0.15, 0.2) is 47.6 Å². The predicted molar refractivity (Wildman–Crippen MR) is 92.3 cm³/mol. The fraction of sp³-hybridized carbons (Fsp3) is 0.263. The summed E-state index contributed by atoms with van der Waals surface area (Å²) >= 11 is 0. The molecular weight excluding hydrogens is 306 g/mol. The van der Waals surface area contributed by atoms with Crippen LogP contribution in [-0.2, 0) is 21.0 Å². The van der Waals surface area contributed by atoms with E-state index in [-0.39, 0.29) is 5.71 Å². The maximum absolute atomic E-state index is 12.0. The highest BCUT2D eigenvalue weighted by Crippen LogP contribution is 2.21. The highest BCUT2D eigenvalue weighted by atomic mass is 16.6. The van der Waals surface area contributed by atoms with Crippen LogP contribution in [0.1, 0.15) is 22.3 Å². The molecule has 0 atom stereocenters. The van der Waals surface area contributed by atoms with E-state index in [0.29, 0.717) is 12.2 Å². The summed E-state index contributed by atoms with van der Waals surface area (Å²) in [7, 11) is 2.70. The number of carbonyl (C=O) groups is 1. The maximum atomic E-state index is 12.0. The Morgan fingerprint density at radius 1 is 1.08 bits per heavy atom. The van der Waals surface area contributed by atoms with Gasteiger partial charge in [0, 0.05) is 5.56 Å². The molecule has 0 radical (unpaired) electrons. The van der Waals surface area contributed by atoms with Crippen molar-refractivity contribution in [2.24, 2.45) is 5.16 Å². The number of hydrogen-bond donors (Lipinski definition) is 0. The predicted octanol–water partition coefficient (Wildman–Crippen LogP) is 3.41. The molecule has 0 aliphatic heterocycles. The van der Waals surface area contributed by atoms with Gasteiger partial charge in [0.25, 0.3) is 0 Å². The molecule has 126 valence electrons. The third kappa shape index (κ3) is 4.13. The molecule has 0 aliphatic carbocycles. The molecule has 0 fully saturated rings. The Bertz CT molecular complexity index is 753. The first-order chi connectivity index (χ1) is 11.6. The molecule has 0 amide bonds. The molecular formula is C19H21NO4. The largest absolute Gasteiger partial charge is 0.489 e. The van der Waals surface area contributed by atoms with Gasteiger partial charge in [0.1, 0.15) is 19.5 Å². The van der Waals surface area contributed by atoms with Crippen molar-refractivity contribution in [3.63, 3.8) is 0 Å². The Morgan fingerprint density at radius 3 is 2.54 bits per heavy atom. The number of oxime groups is 1. The molecule has 5 heteroatoms. The SMILES string of the molecule is CO/N=C(\C(=O)OC)c1ccccc1COc1cc(C)ccc1C. The molecule has 0 aliphatic rings. The van der Waals surface area contributed by atoms with Crippen molar-refractivity contribution in [1.29, 1.82) is 0 Å². The lowest BCUT2D eigenvalue weighted by molar-refractivity contribution is -0.132. The van der Waals surface area contributed by atoms with Crippen LogP contribution >= 0.6 is 0 Å². The topological polar surface area (TPSA) is 57.1 Å². The summed E-state index contributed by atoms with van der Waals surface area (Å²) in [5.41, 5.74) is 3.73. The minimum atomic E-state index is -0.559. The van der Waals surface area contributed by atoms with Gasteiger partial charge in [0.15, 0.2) is 5.71 Å². The van der Waals surface area contributed by atoms with E-state index in [0.717, 1.165) is 22.4 Å². The molecule has 0 saturated carbocycles. The molecule has 0 bridgehead atoms. The third-order valence-corrected chi connectivity index (χ3v) is 3.56. The van der Waals surface area contributed by atoms with Crippen LogP contribution in [0.5, 0.6) is 5.75 Å². The molecule has 0 unspecified atom stereocenters. The van der Waals surface area contributed by atoms with E-state index in [1.54, 1.807) is 6.07 Å². The molecule has 0 spiro atoms. The lowest BCUT2D eigenvalue weighted by Gasteiger charge is -2.13. The van der Waals surface area contributed by atoms with Gasteiger partial charge in [-0.2, -0.15) is 0 Å². The average Bonchev–Trinajstić information content (AvgIpc) is 2.60. The van der Waals surface area contributed by atoms with Crippen molar-refractivity contribution in [3.05, 3.63) is 64.7 Å². The van der Waals surface area contributed by atoms with E-state index < -0.39 is 5.97 Å². The highest BCUT2D eigenvalue weighted by Gasteiger charge is 2.19. The van der Waals surface area contributed by atoms with Crippen molar-refractivity contribution in [2.75, 3.05) is 14.2 Å². The van der Waals surface area contributed by atoms with Crippen molar-refractivity contribution < 1.29 is 19.1 Å². The number of aryl methyl sites for hydroxylation is 2. The normalized spacial score (nSPS) is 11.1. The van der Waals surface area contributed by atoms with E-state index in [4.69, 9.17) is 14.3 Å². The van der Waals surface area contributed by atoms with E-state index >= 15 is 0 Å². The number of rotatable bonds is 6. The van der Waals surface area contributed by atoms with Gasteiger partial charge in [-0.1, -0.05) is 41.6 Å². The number of benzene rings is 2. The average molecular weight is 327 g/mol. The quantitative estimate of drug-likeness (QED) is 0.463. The van der Waals surface area contributed by atoms with Gasteiger partial charge in [0.2, 0.25) is 0 Å². The Labute approximate surface area is 141 Å². The second kappa shape index (κ2) is 8.15. The second-order valence-corrected chi connectivity index (χ2v) is 5.33. The number of ether oxygens (including phenoxy) is 2. The van der Waals surface area contributed by atoms with Crippen molar-refractivity contribution in [2.45, 2.75) is 20.5 Å². The Hall–Kier alpha value is -2.82. The minimum Gasteiger partial charge on any atom is -0.489 e. The van der Waals surface area contributed by atoms with Gasteiger partial charge in [-0.05, 0) is 36.6 Å². The summed E-state index contributed by atoms with van der Waals surface area (Å²) in [6.45, 7) is 4.31. The maximum Gasteiger partial charge on any atom is 0.360 e. The Morgan fingerprint density at radius 2 is 1.83 bits per heavy atom. The number of hydrogen-bond acceptors (Lipinski definition) is 5. The van der Waals surface area contributed by atoms with E-state index in [1.165, 1.54) is 14.2 Å². The van der Waals surface area contributed by atoms with Crippen LogP contribution in [-0.4, -0.2) is 25.9 Å². The number of carbonyl (C=O) groups excluding carboxylic acids is 1. The summed E-state index contributed by atoms with van der Waals surface area (Å²) in [4.78, 5) is 16.7. The zero-order valence-electron chi connectivity index (χ0n) is 14.3. The molecule has 0 saturated heterocycles. The summed E-state index contributed by atoms with van der Waals surface area (Å²) < 4.78 is 10.7. The van der Waals surface area contributed by atoms with Crippen LogP contribution in [0.2, 0.25) is 0 Å². The number of nitrogens with zero attached hydrogens (tertiary/aromatic N) is 1. The summed E-state index contributed by atoms with van der Waals surface area (Å²) in [5.74, 6) is 0.254. The van der Waals surface area contributed by atoms with Crippen LogP contribution < -0.4 is 4.74 Å². The molecule has 0 N–H and O–H groups in total. The first-order valence-corrected chi connectivity index (χ1v) is 7.54. The van der Waals surface area contributed by atoms with Crippen LogP contribution in [0.4, 0.5) is 0 Å². The first kappa shape index (κ1) is 17.5.